The van der Waals surface area contributed by atoms with Gasteiger partial charge in [-0.2, -0.15) is 0 Å². The second-order valence-electron chi connectivity index (χ2n) is 5.23. The van der Waals surface area contributed by atoms with E-state index in [1.165, 1.54) is 18.5 Å². The van der Waals surface area contributed by atoms with Gasteiger partial charge in [-0.15, -0.1) is 0 Å². The van der Waals surface area contributed by atoms with Gasteiger partial charge in [0.2, 0.25) is 0 Å². The Kier molecular flexibility index (Phi) is 3.59. The van der Waals surface area contributed by atoms with Crippen molar-refractivity contribution in [2.75, 3.05) is 5.32 Å². The topological polar surface area (TPSA) is 79.4 Å². The third-order valence-electron chi connectivity index (χ3n) is 3.64. The van der Waals surface area contributed by atoms with Crippen LogP contribution in [0, 0.1) is 5.82 Å². The van der Waals surface area contributed by atoms with Crippen LogP contribution >= 0.6 is 0 Å². The molecule has 0 fully saturated rings. The number of benzene rings is 1. The number of hydrogen-bond acceptors (Lipinski definition) is 5. The highest BCUT2D eigenvalue weighted by atomic mass is 19.1. The highest BCUT2D eigenvalue weighted by Crippen LogP contribution is 2.24. The minimum atomic E-state index is -0.246. The van der Waals surface area contributed by atoms with Crippen molar-refractivity contribution in [1.29, 1.82) is 0 Å². The molecule has 3 aromatic heterocycles. The van der Waals surface area contributed by atoms with E-state index in [-0.39, 0.29) is 5.82 Å². The normalized spacial score (nSPS) is 10.9. The number of anilines is 1. The number of rotatable bonds is 4. The van der Waals surface area contributed by atoms with Gasteiger partial charge in [-0.05, 0) is 23.8 Å². The number of hydrogen-bond donors (Lipinski definition) is 2. The van der Waals surface area contributed by atoms with Crippen molar-refractivity contribution < 1.29 is 4.39 Å². The Labute approximate surface area is 136 Å². The predicted octanol–water partition coefficient (Wildman–Crippen LogP) is 3.17. The van der Waals surface area contributed by atoms with Gasteiger partial charge in [0.05, 0.1) is 0 Å². The Balaban J connectivity index is 1.58. The fourth-order valence-electron chi connectivity index (χ4n) is 2.43. The summed E-state index contributed by atoms with van der Waals surface area (Å²) in [7, 11) is 0. The molecule has 0 bridgehead atoms. The first kappa shape index (κ1) is 14.3. The summed E-state index contributed by atoms with van der Waals surface area (Å²) in [5.74, 6) is 1.03. The van der Waals surface area contributed by atoms with Crippen molar-refractivity contribution in [3.8, 4) is 11.4 Å². The number of nitrogens with zero attached hydrogens (tertiary/aromatic N) is 4. The predicted molar refractivity (Wildman–Crippen MR) is 88.6 cm³/mol. The van der Waals surface area contributed by atoms with E-state index in [1.54, 1.807) is 30.6 Å². The number of aromatic nitrogens is 5. The average molecular weight is 320 g/mol. The van der Waals surface area contributed by atoms with E-state index < -0.39 is 0 Å². The molecule has 0 aliphatic carbocycles. The summed E-state index contributed by atoms with van der Waals surface area (Å²) in [5, 5.41) is 4.08. The Morgan fingerprint density at radius 1 is 1.08 bits per heavy atom. The number of fused-ring (bicyclic) bond motifs is 1. The Bertz CT molecular complexity index is 980. The van der Waals surface area contributed by atoms with Crippen LogP contribution in [0.15, 0.2) is 55.2 Å². The Morgan fingerprint density at radius 2 is 1.96 bits per heavy atom. The zero-order valence-corrected chi connectivity index (χ0v) is 12.6. The summed E-state index contributed by atoms with van der Waals surface area (Å²) in [6, 6.07) is 8.14. The van der Waals surface area contributed by atoms with E-state index in [0.29, 0.717) is 18.2 Å². The highest BCUT2D eigenvalue weighted by molar-refractivity contribution is 5.90. The molecule has 3 heterocycles. The van der Waals surface area contributed by atoms with E-state index in [2.05, 4.69) is 30.2 Å². The zero-order chi connectivity index (χ0) is 16.4. The number of halogens is 1. The molecule has 1 aromatic carbocycles. The molecule has 0 unspecified atom stereocenters. The molecule has 0 radical (unpaired) electrons. The van der Waals surface area contributed by atoms with Crippen molar-refractivity contribution >= 4 is 16.9 Å². The second kappa shape index (κ2) is 6.04. The van der Waals surface area contributed by atoms with Crippen molar-refractivity contribution in [2.45, 2.75) is 6.54 Å². The van der Waals surface area contributed by atoms with Gasteiger partial charge in [0, 0.05) is 36.1 Å². The first-order valence-corrected chi connectivity index (χ1v) is 7.38. The van der Waals surface area contributed by atoms with Crippen molar-refractivity contribution in [2.24, 2.45) is 0 Å². The van der Waals surface area contributed by atoms with Crippen LogP contribution in [0.2, 0.25) is 0 Å². The molecule has 24 heavy (non-hydrogen) atoms. The summed E-state index contributed by atoms with van der Waals surface area (Å²) in [4.78, 5) is 20.1. The highest BCUT2D eigenvalue weighted by Gasteiger charge is 2.10. The van der Waals surface area contributed by atoms with Gasteiger partial charge in [0.15, 0.2) is 5.82 Å². The van der Waals surface area contributed by atoms with Crippen LogP contribution in [0.3, 0.4) is 0 Å². The third kappa shape index (κ3) is 2.79. The fraction of sp³-hybridized carbons (Fsp3) is 0.0588. The Hall–Kier alpha value is -3.35. The van der Waals surface area contributed by atoms with Crippen molar-refractivity contribution in [3.63, 3.8) is 0 Å². The largest absolute Gasteiger partial charge is 0.366 e. The fourth-order valence-corrected chi connectivity index (χ4v) is 2.43. The van der Waals surface area contributed by atoms with Crippen LogP contribution in [0.5, 0.6) is 0 Å². The van der Waals surface area contributed by atoms with Gasteiger partial charge in [-0.25, -0.2) is 24.3 Å². The number of nitrogens with one attached hydrogen (secondary N) is 2. The van der Waals surface area contributed by atoms with Gasteiger partial charge >= 0.3 is 0 Å². The van der Waals surface area contributed by atoms with Crippen LogP contribution in [0.4, 0.5) is 10.2 Å². The molecule has 0 spiro atoms. The van der Waals surface area contributed by atoms with Gasteiger partial charge in [0.25, 0.3) is 0 Å². The van der Waals surface area contributed by atoms with Gasteiger partial charge in [0.1, 0.15) is 23.6 Å². The second-order valence-corrected chi connectivity index (χ2v) is 5.23. The van der Waals surface area contributed by atoms with E-state index in [9.17, 15) is 4.39 Å². The molecule has 0 aliphatic rings. The maximum atomic E-state index is 12.9. The molecule has 4 aromatic rings. The first-order valence-electron chi connectivity index (χ1n) is 7.38. The van der Waals surface area contributed by atoms with Crippen LogP contribution < -0.4 is 5.32 Å². The van der Waals surface area contributed by atoms with Gasteiger partial charge in [-0.3, -0.25) is 0 Å². The van der Waals surface area contributed by atoms with E-state index in [0.717, 1.165) is 22.2 Å². The summed E-state index contributed by atoms with van der Waals surface area (Å²) in [5.41, 5.74) is 2.56. The Morgan fingerprint density at radius 3 is 2.83 bits per heavy atom. The third-order valence-corrected chi connectivity index (χ3v) is 3.64. The standard InChI is InChI=1S/C17H13FN6/c18-12-3-1-11(2-4-12)7-21-15-5-6-20-17(24-15)14-9-22-16-13(14)8-19-10-23-16/h1-6,8-10H,7H2,(H,19,22,23)(H,20,21,24). The van der Waals surface area contributed by atoms with Gasteiger partial charge in [-0.1, -0.05) is 12.1 Å². The molecule has 118 valence electrons. The number of aromatic amines is 1. The monoisotopic (exact) mass is 320 g/mol. The molecule has 7 heteroatoms. The molecule has 0 atom stereocenters. The zero-order valence-electron chi connectivity index (χ0n) is 12.6. The van der Waals surface area contributed by atoms with Crippen LogP contribution in [0.25, 0.3) is 22.4 Å². The molecule has 4 rings (SSSR count). The van der Waals surface area contributed by atoms with E-state index in [4.69, 9.17) is 0 Å². The first-order chi connectivity index (χ1) is 11.8. The van der Waals surface area contributed by atoms with Crippen LogP contribution in [0.1, 0.15) is 5.56 Å². The maximum absolute atomic E-state index is 12.9. The van der Waals surface area contributed by atoms with Crippen molar-refractivity contribution in [3.05, 3.63) is 66.6 Å². The van der Waals surface area contributed by atoms with Crippen LogP contribution in [-0.2, 0) is 6.54 Å². The number of H-pyrrole nitrogens is 1. The lowest BCUT2D eigenvalue weighted by Crippen LogP contribution is -2.02. The smallest absolute Gasteiger partial charge is 0.163 e. The lowest BCUT2D eigenvalue weighted by molar-refractivity contribution is 0.627. The summed E-state index contributed by atoms with van der Waals surface area (Å²) in [6.45, 7) is 0.549. The molecule has 6 nitrogen and oxygen atoms in total. The molecule has 0 saturated heterocycles. The lowest BCUT2D eigenvalue weighted by Gasteiger charge is -2.07. The summed E-state index contributed by atoms with van der Waals surface area (Å²) >= 11 is 0. The molecular formula is C17H13FN6. The molecule has 2 N–H and O–H groups in total. The quantitative estimate of drug-likeness (QED) is 0.604. The van der Waals surface area contributed by atoms with Crippen LogP contribution in [-0.4, -0.2) is 24.9 Å². The molecule has 0 saturated carbocycles. The average Bonchev–Trinajstić information content (AvgIpc) is 3.06. The van der Waals surface area contributed by atoms with Gasteiger partial charge < -0.3 is 10.3 Å². The maximum Gasteiger partial charge on any atom is 0.163 e. The molecule has 0 aliphatic heterocycles. The SMILES string of the molecule is Fc1ccc(CNc2ccnc(-c3c[nH]c4ncncc34)n2)cc1. The molecular weight excluding hydrogens is 307 g/mol. The van der Waals surface area contributed by atoms with Crippen molar-refractivity contribution in [1.82, 2.24) is 24.9 Å². The lowest BCUT2D eigenvalue weighted by atomic mass is 10.2. The molecule has 0 amide bonds. The van der Waals surface area contributed by atoms with E-state index >= 15 is 0 Å². The van der Waals surface area contributed by atoms with E-state index in [1.807, 2.05) is 6.20 Å². The minimum absolute atomic E-state index is 0.246. The summed E-state index contributed by atoms with van der Waals surface area (Å²) < 4.78 is 12.9. The summed E-state index contributed by atoms with van der Waals surface area (Å²) in [6.07, 6.45) is 6.73. The minimum Gasteiger partial charge on any atom is -0.366 e.